The number of rotatable bonds is 5. The zero-order valence-corrected chi connectivity index (χ0v) is 10.9. The largest absolute Gasteiger partial charge is 0.306 e. The van der Waals surface area contributed by atoms with Crippen molar-refractivity contribution in [1.29, 1.82) is 0 Å². The molecule has 0 spiro atoms. The SMILES string of the molecule is CCCN1CCC(NC(C)c2ccn[nH]2)CC1. The van der Waals surface area contributed by atoms with E-state index in [2.05, 4.69) is 34.3 Å². The zero-order valence-electron chi connectivity index (χ0n) is 10.9. The lowest BCUT2D eigenvalue weighted by atomic mass is 10.0. The van der Waals surface area contributed by atoms with E-state index in [-0.39, 0.29) is 0 Å². The van der Waals surface area contributed by atoms with Gasteiger partial charge >= 0.3 is 0 Å². The van der Waals surface area contributed by atoms with E-state index in [0.717, 1.165) is 0 Å². The van der Waals surface area contributed by atoms with Crippen LogP contribution in [0.1, 0.15) is 44.8 Å². The molecule has 1 aromatic rings. The van der Waals surface area contributed by atoms with Gasteiger partial charge in [-0.25, -0.2) is 0 Å². The maximum Gasteiger partial charge on any atom is 0.0518 e. The third kappa shape index (κ3) is 3.54. The van der Waals surface area contributed by atoms with E-state index >= 15 is 0 Å². The number of H-pyrrole nitrogens is 1. The summed E-state index contributed by atoms with van der Waals surface area (Å²) in [5.74, 6) is 0. The molecule has 1 aromatic heterocycles. The highest BCUT2D eigenvalue weighted by Gasteiger charge is 2.20. The van der Waals surface area contributed by atoms with E-state index in [1.807, 2.05) is 12.3 Å². The minimum Gasteiger partial charge on any atom is -0.306 e. The second-order valence-electron chi connectivity index (χ2n) is 5.02. The molecule has 96 valence electrons. The van der Waals surface area contributed by atoms with Crippen molar-refractivity contribution in [2.45, 2.75) is 45.2 Å². The third-order valence-corrected chi connectivity index (χ3v) is 3.60. The zero-order chi connectivity index (χ0) is 12.1. The van der Waals surface area contributed by atoms with Gasteiger partial charge < -0.3 is 10.2 Å². The first-order valence-corrected chi connectivity index (χ1v) is 6.77. The Kier molecular flexibility index (Phi) is 4.57. The van der Waals surface area contributed by atoms with Gasteiger partial charge in [-0.2, -0.15) is 5.10 Å². The van der Waals surface area contributed by atoms with Crippen molar-refractivity contribution in [3.8, 4) is 0 Å². The second kappa shape index (κ2) is 6.17. The van der Waals surface area contributed by atoms with Crippen molar-refractivity contribution in [3.05, 3.63) is 18.0 Å². The quantitative estimate of drug-likeness (QED) is 0.821. The van der Waals surface area contributed by atoms with Crippen molar-refractivity contribution >= 4 is 0 Å². The van der Waals surface area contributed by atoms with Crippen molar-refractivity contribution in [1.82, 2.24) is 20.4 Å². The molecule has 1 fully saturated rings. The number of piperidine rings is 1. The van der Waals surface area contributed by atoms with Crippen LogP contribution >= 0.6 is 0 Å². The van der Waals surface area contributed by atoms with E-state index in [9.17, 15) is 0 Å². The van der Waals surface area contributed by atoms with Gasteiger partial charge in [-0.3, -0.25) is 5.10 Å². The van der Waals surface area contributed by atoms with Gasteiger partial charge in [0.25, 0.3) is 0 Å². The first-order chi connectivity index (χ1) is 8.29. The van der Waals surface area contributed by atoms with Crippen LogP contribution in [0.15, 0.2) is 12.3 Å². The lowest BCUT2D eigenvalue weighted by Gasteiger charge is -2.33. The Morgan fingerprint density at radius 1 is 1.53 bits per heavy atom. The van der Waals surface area contributed by atoms with E-state index < -0.39 is 0 Å². The van der Waals surface area contributed by atoms with Gasteiger partial charge in [0, 0.05) is 18.3 Å². The number of hydrogen-bond donors (Lipinski definition) is 2. The molecule has 2 N–H and O–H groups in total. The van der Waals surface area contributed by atoms with Crippen LogP contribution in [0.4, 0.5) is 0 Å². The van der Waals surface area contributed by atoms with Crippen LogP contribution in [0, 0.1) is 0 Å². The van der Waals surface area contributed by atoms with E-state index in [1.165, 1.54) is 44.6 Å². The van der Waals surface area contributed by atoms with Gasteiger partial charge in [0.05, 0.1) is 5.69 Å². The molecule has 0 bridgehead atoms. The number of hydrogen-bond acceptors (Lipinski definition) is 3. The van der Waals surface area contributed by atoms with Crippen molar-refractivity contribution in [2.24, 2.45) is 0 Å². The second-order valence-corrected chi connectivity index (χ2v) is 5.02. The molecule has 1 saturated heterocycles. The summed E-state index contributed by atoms with van der Waals surface area (Å²) >= 11 is 0. The number of aromatic nitrogens is 2. The van der Waals surface area contributed by atoms with E-state index in [0.29, 0.717) is 12.1 Å². The van der Waals surface area contributed by atoms with Crippen LogP contribution in [0.25, 0.3) is 0 Å². The highest BCUT2D eigenvalue weighted by molar-refractivity contribution is 5.03. The van der Waals surface area contributed by atoms with Crippen LogP contribution in [-0.2, 0) is 0 Å². The Morgan fingerprint density at radius 2 is 2.29 bits per heavy atom. The molecule has 1 aliphatic heterocycles. The minimum atomic E-state index is 0.375. The third-order valence-electron chi connectivity index (χ3n) is 3.60. The molecule has 1 unspecified atom stereocenters. The van der Waals surface area contributed by atoms with Crippen LogP contribution in [-0.4, -0.2) is 40.8 Å². The summed E-state index contributed by atoms with van der Waals surface area (Å²) in [5.41, 5.74) is 1.18. The predicted octanol–water partition coefficient (Wildman–Crippen LogP) is 1.93. The predicted molar refractivity (Wildman–Crippen MR) is 69.9 cm³/mol. The molecule has 4 heteroatoms. The summed E-state index contributed by atoms with van der Waals surface area (Å²) in [6, 6.07) is 3.07. The molecular weight excluding hydrogens is 212 g/mol. The topological polar surface area (TPSA) is 44.0 Å². The number of nitrogens with zero attached hydrogens (tertiary/aromatic N) is 2. The lowest BCUT2D eigenvalue weighted by molar-refractivity contribution is 0.192. The highest BCUT2D eigenvalue weighted by atomic mass is 15.2. The summed E-state index contributed by atoms with van der Waals surface area (Å²) in [6.45, 7) is 8.18. The fourth-order valence-corrected chi connectivity index (χ4v) is 2.59. The van der Waals surface area contributed by atoms with E-state index in [4.69, 9.17) is 0 Å². The van der Waals surface area contributed by atoms with Crippen LogP contribution in [0.5, 0.6) is 0 Å². The summed E-state index contributed by atoms with van der Waals surface area (Å²) in [4.78, 5) is 2.57. The van der Waals surface area contributed by atoms with Crippen molar-refractivity contribution < 1.29 is 0 Å². The molecule has 1 aliphatic rings. The molecule has 0 aliphatic carbocycles. The average Bonchev–Trinajstić information content (AvgIpc) is 2.86. The summed E-state index contributed by atoms with van der Waals surface area (Å²) < 4.78 is 0. The summed E-state index contributed by atoms with van der Waals surface area (Å²) in [6.07, 6.45) is 5.61. The molecule has 17 heavy (non-hydrogen) atoms. The monoisotopic (exact) mass is 236 g/mol. The maximum absolute atomic E-state index is 4.00. The van der Waals surface area contributed by atoms with Gasteiger partial charge in [0.1, 0.15) is 0 Å². The van der Waals surface area contributed by atoms with Gasteiger partial charge in [0.15, 0.2) is 0 Å². The molecule has 0 radical (unpaired) electrons. The Morgan fingerprint density at radius 3 is 2.88 bits per heavy atom. The Bertz CT molecular complexity index is 301. The minimum absolute atomic E-state index is 0.375. The number of likely N-dealkylation sites (tertiary alicyclic amines) is 1. The average molecular weight is 236 g/mol. The molecule has 2 rings (SSSR count). The number of aromatic amines is 1. The molecule has 0 amide bonds. The van der Waals surface area contributed by atoms with Gasteiger partial charge in [-0.1, -0.05) is 6.92 Å². The van der Waals surface area contributed by atoms with E-state index in [1.54, 1.807) is 0 Å². The first kappa shape index (κ1) is 12.6. The van der Waals surface area contributed by atoms with Gasteiger partial charge in [-0.05, 0) is 51.9 Å². The smallest absolute Gasteiger partial charge is 0.0518 e. The van der Waals surface area contributed by atoms with Gasteiger partial charge in [0.2, 0.25) is 0 Å². The first-order valence-electron chi connectivity index (χ1n) is 6.77. The highest BCUT2D eigenvalue weighted by Crippen LogP contribution is 2.15. The fourth-order valence-electron chi connectivity index (χ4n) is 2.59. The summed E-state index contributed by atoms with van der Waals surface area (Å²) in [5, 5.41) is 10.7. The molecule has 0 aromatic carbocycles. The van der Waals surface area contributed by atoms with Gasteiger partial charge in [-0.15, -0.1) is 0 Å². The Balaban J connectivity index is 1.74. The standard InChI is InChI=1S/C13H24N4/c1-3-8-17-9-5-12(6-10-17)15-11(2)13-4-7-14-16-13/h4,7,11-12,15H,3,5-6,8-10H2,1-2H3,(H,14,16). The Labute approximate surface area is 104 Å². The Hall–Kier alpha value is -0.870. The maximum atomic E-state index is 4.00. The lowest BCUT2D eigenvalue weighted by Crippen LogP contribution is -2.43. The molecule has 4 nitrogen and oxygen atoms in total. The molecule has 1 atom stereocenters. The normalized spacial score (nSPS) is 20.6. The molecule has 0 saturated carbocycles. The number of nitrogens with one attached hydrogen (secondary N) is 2. The summed E-state index contributed by atoms with van der Waals surface area (Å²) in [7, 11) is 0. The van der Waals surface area contributed by atoms with Crippen molar-refractivity contribution in [3.63, 3.8) is 0 Å². The van der Waals surface area contributed by atoms with Crippen LogP contribution in [0.3, 0.4) is 0 Å². The van der Waals surface area contributed by atoms with Crippen LogP contribution < -0.4 is 5.32 Å². The van der Waals surface area contributed by atoms with Crippen LogP contribution in [0.2, 0.25) is 0 Å². The molecular formula is C13H24N4. The van der Waals surface area contributed by atoms with Crippen molar-refractivity contribution in [2.75, 3.05) is 19.6 Å². The fraction of sp³-hybridized carbons (Fsp3) is 0.769. The molecule has 2 heterocycles.